The molecule has 2 N–H and O–H groups in total. The van der Waals surface area contributed by atoms with Gasteiger partial charge in [0.2, 0.25) is 0 Å². The van der Waals surface area contributed by atoms with Crippen molar-refractivity contribution < 1.29 is 5.11 Å². The highest BCUT2D eigenvalue weighted by Crippen LogP contribution is 2.32. The lowest BCUT2D eigenvalue weighted by molar-refractivity contribution is 0.143. The monoisotopic (exact) mass is 259 g/mol. The molecule has 2 aliphatic carbocycles. The average Bonchev–Trinajstić information content (AvgIpc) is 2.48. The summed E-state index contributed by atoms with van der Waals surface area (Å²) in [5.41, 5.74) is 3.01. The van der Waals surface area contributed by atoms with Crippen molar-refractivity contribution in [1.29, 1.82) is 0 Å². The normalized spacial score (nSPS) is 30.9. The molecule has 2 nitrogen and oxygen atoms in total. The van der Waals surface area contributed by atoms with Crippen molar-refractivity contribution in [1.82, 2.24) is 5.32 Å². The molecule has 19 heavy (non-hydrogen) atoms. The Balaban J connectivity index is 1.73. The number of aliphatic hydroxyl groups is 1. The van der Waals surface area contributed by atoms with E-state index in [0.717, 1.165) is 0 Å². The summed E-state index contributed by atoms with van der Waals surface area (Å²) in [5.74, 6) is 0.461. The number of rotatable bonds is 3. The van der Waals surface area contributed by atoms with E-state index in [1.54, 1.807) is 0 Å². The summed E-state index contributed by atoms with van der Waals surface area (Å²) < 4.78 is 0. The molecule has 1 aromatic carbocycles. The number of aliphatic hydroxyl groups excluding tert-OH is 1. The molecular weight excluding hydrogens is 234 g/mol. The van der Waals surface area contributed by atoms with Gasteiger partial charge in [0.1, 0.15) is 0 Å². The Kier molecular flexibility index (Phi) is 4.19. The summed E-state index contributed by atoms with van der Waals surface area (Å²) in [5, 5.41) is 13.4. The van der Waals surface area contributed by atoms with Crippen molar-refractivity contribution in [3.63, 3.8) is 0 Å². The van der Waals surface area contributed by atoms with Gasteiger partial charge in [-0.05, 0) is 49.1 Å². The molecule has 2 heteroatoms. The van der Waals surface area contributed by atoms with Crippen LogP contribution >= 0.6 is 0 Å². The lowest BCUT2D eigenvalue weighted by atomic mass is 9.82. The van der Waals surface area contributed by atoms with Crippen molar-refractivity contribution in [2.75, 3.05) is 6.61 Å². The maximum atomic E-state index is 9.55. The van der Waals surface area contributed by atoms with E-state index >= 15 is 0 Å². The maximum absolute atomic E-state index is 9.55. The standard InChI is InChI=1S/C17H25NO/c19-12-14-7-2-4-10-16(14)18-17-11-5-8-13-6-1-3-9-15(13)17/h1,3,6,9,14,16-19H,2,4-5,7-8,10-12H2. The summed E-state index contributed by atoms with van der Waals surface area (Å²) in [6.07, 6.45) is 8.75. The molecule has 0 spiro atoms. The van der Waals surface area contributed by atoms with Crippen LogP contribution in [-0.4, -0.2) is 17.8 Å². The van der Waals surface area contributed by atoms with Crippen LogP contribution in [-0.2, 0) is 6.42 Å². The van der Waals surface area contributed by atoms with Crippen LogP contribution in [0.5, 0.6) is 0 Å². The molecule has 3 rings (SSSR count). The average molecular weight is 259 g/mol. The Morgan fingerprint density at radius 1 is 1.05 bits per heavy atom. The van der Waals surface area contributed by atoms with Crippen molar-refractivity contribution in [2.45, 2.75) is 57.0 Å². The number of hydrogen-bond acceptors (Lipinski definition) is 2. The third-order valence-corrected chi connectivity index (χ3v) is 4.93. The zero-order valence-corrected chi connectivity index (χ0v) is 11.6. The van der Waals surface area contributed by atoms with Gasteiger partial charge in [-0.2, -0.15) is 0 Å². The van der Waals surface area contributed by atoms with Gasteiger partial charge in [0, 0.05) is 18.7 Å². The van der Waals surface area contributed by atoms with E-state index in [9.17, 15) is 5.11 Å². The molecule has 2 aliphatic rings. The predicted molar refractivity (Wildman–Crippen MR) is 78.1 cm³/mol. The first-order valence-electron chi connectivity index (χ1n) is 7.83. The second-order valence-corrected chi connectivity index (χ2v) is 6.14. The predicted octanol–water partition coefficient (Wildman–Crippen LogP) is 3.20. The van der Waals surface area contributed by atoms with E-state index in [0.29, 0.717) is 24.6 Å². The van der Waals surface area contributed by atoms with Gasteiger partial charge in [0.25, 0.3) is 0 Å². The van der Waals surface area contributed by atoms with Crippen LogP contribution in [0.4, 0.5) is 0 Å². The van der Waals surface area contributed by atoms with E-state index in [1.165, 1.54) is 56.1 Å². The minimum Gasteiger partial charge on any atom is -0.396 e. The molecular formula is C17H25NO. The van der Waals surface area contributed by atoms with E-state index in [4.69, 9.17) is 0 Å². The molecule has 0 amide bonds. The maximum Gasteiger partial charge on any atom is 0.0474 e. The summed E-state index contributed by atoms with van der Waals surface area (Å²) >= 11 is 0. The van der Waals surface area contributed by atoms with Crippen LogP contribution in [0.3, 0.4) is 0 Å². The number of aryl methyl sites for hydroxylation is 1. The van der Waals surface area contributed by atoms with Gasteiger partial charge in [-0.3, -0.25) is 0 Å². The molecule has 0 heterocycles. The first-order valence-corrected chi connectivity index (χ1v) is 7.83. The van der Waals surface area contributed by atoms with E-state index < -0.39 is 0 Å². The number of fused-ring (bicyclic) bond motifs is 1. The second-order valence-electron chi connectivity index (χ2n) is 6.14. The zero-order valence-electron chi connectivity index (χ0n) is 11.6. The Bertz CT molecular complexity index is 417. The molecule has 0 aromatic heterocycles. The van der Waals surface area contributed by atoms with Crippen molar-refractivity contribution in [2.24, 2.45) is 5.92 Å². The molecule has 0 saturated heterocycles. The van der Waals surface area contributed by atoms with Crippen molar-refractivity contribution in [3.05, 3.63) is 35.4 Å². The number of benzene rings is 1. The van der Waals surface area contributed by atoms with Crippen molar-refractivity contribution in [3.8, 4) is 0 Å². The Hall–Kier alpha value is -0.860. The van der Waals surface area contributed by atoms with Crippen LogP contribution in [0, 0.1) is 5.92 Å². The van der Waals surface area contributed by atoms with E-state index in [1.807, 2.05) is 0 Å². The van der Waals surface area contributed by atoms with E-state index in [-0.39, 0.29) is 0 Å². The molecule has 0 bridgehead atoms. The van der Waals surface area contributed by atoms with Gasteiger partial charge < -0.3 is 10.4 Å². The smallest absolute Gasteiger partial charge is 0.0474 e. The fraction of sp³-hybridized carbons (Fsp3) is 0.647. The van der Waals surface area contributed by atoms with Gasteiger partial charge in [0.05, 0.1) is 0 Å². The van der Waals surface area contributed by atoms with Crippen LogP contribution < -0.4 is 5.32 Å². The van der Waals surface area contributed by atoms with Crippen LogP contribution in [0.2, 0.25) is 0 Å². The SMILES string of the molecule is OCC1CCCCC1NC1CCCc2ccccc21. The highest BCUT2D eigenvalue weighted by Gasteiger charge is 2.28. The van der Waals surface area contributed by atoms with Gasteiger partial charge in [0.15, 0.2) is 0 Å². The summed E-state index contributed by atoms with van der Waals surface area (Å²) in [6.45, 7) is 0.339. The minimum absolute atomic E-state index is 0.339. The molecule has 104 valence electrons. The zero-order chi connectivity index (χ0) is 13.1. The molecule has 0 radical (unpaired) electrons. The van der Waals surface area contributed by atoms with Crippen LogP contribution in [0.1, 0.15) is 55.7 Å². The number of hydrogen-bond donors (Lipinski definition) is 2. The molecule has 1 aromatic rings. The quantitative estimate of drug-likeness (QED) is 0.873. The van der Waals surface area contributed by atoms with Crippen LogP contribution in [0.25, 0.3) is 0 Å². The topological polar surface area (TPSA) is 32.3 Å². The first kappa shape index (κ1) is 13.1. The van der Waals surface area contributed by atoms with Gasteiger partial charge in [-0.1, -0.05) is 37.1 Å². The lowest BCUT2D eigenvalue weighted by Crippen LogP contribution is -2.42. The number of nitrogens with one attached hydrogen (secondary N) is 1. The van der Waals surface area contributed by atoms with Crippen LogP contribution in [0.15, 0.2) is 24.3 Å². The highest BCUT2D eigenvalue weighted by molar-refractivity contribution is 5.32. The van der Waals surface area contributed by atoms with Gasteiger partial charge in [-0.25, -0.2) is 0 Å². The molecule has 1 saturated carbocycles. The fourth-order valence-corrected chi connectivity index (χ4v) is 3.83. The Morgan fingerprint density at radius 3 is 2.79 bits per heavy atom. The first-order chi connectivity index (χ1) is 9.38. The minimum atomic E-state index is 0.339. The largest absolute Gasteiger partial charge is 0.396 e. The summed E-state index contributed by atoms with van der Waals surface area (Å²) in [7, 11) is 0. The fourth-order valence-electron chi connectivity index (χ4n) is 3.83. The third-order valence-electron chi connectivity index (χ3n) is 4.93. The molecule has 1 fully saturated rings. The Morgan fingerprint density at radius 2 is 1.89 bits per heavy atom. The summed E-state index contributed by atoms with van der Waals surface area (Å²) in [6, 6.07) is 9.87. The second kappa shape index (κ2) is 6.06. The highest BCUT2D eigenvalue weighted by atomic mass is 16.3. The van der Waals surface area contributed by atoms with Crippen molar-refractivity contribution >= 4 is 0 Å². The molecule has 0 aliphatic heterocycles. The van der Waals surface area contributed by atoms with Gasteiger partial charge in [-0.15, -0.1) is 0 Å². The molecule has 3 atom stereocenters. The summed E-state index contributed by atoms with van der Waals surface area (Å²) in [4.78, 5) is 0. The lowest BCUT2D eigenvalue weighted by Gasteiger charge is -2.36. The van der Waals surface area contributed by atoms with Gasteiger partial charge >= 0.3 is 0 Å². The van der Waals surface area contributed by atoms with E-state index in [2.05, 4.69) is 29.6 Å². The Labute approximate surface area is 116 Å². The molecule has 3 unspecified atom stereocenters. The third kappa shape index (κ3) is 2.85.